The molecule has 6 heteroatoms. The van der Waals surface area contributed by atoms with Gasteiger partial charge in [-0.15, -0.1) is 0 Å². The van der Waals surface area contributed by atoms with Crippen LogP contribution in [0, 0.1) is 0 Å². The minimum absolute atomic E-state index is 0.171. The summed E-state index contributed by atoms with van der Waals surface area (Å²) in [5.74, 6) is 5.36. The van der Waals surface area contributed by atoms with Crippen LogP contribution in [-0.2, 0) is 90.8 Å². The largest absolute Gasteiger partial charge is 0.496 e. The summed E-state index contributed by atoms with van der Waals surface area (Å²) < 4.78 is 42.8. The van der Waals surface area contributed by atoms with E-state index in [1.807, 2.05) is 21.3 Å². The van der Waals surface area contributed by atoms with Crippen molar-refractivity contribution < 1.29 is 28.4 Å². The van der Waals surface area contributed by atoms with E-state index < -0.39 is 0 Å². The van der Waals surface area contributed by atoms with Gasteiger partial charge in [0.15, 0.2) is 0 Å². The number of benzene rings is 7. The van der Waals surface area contributed by atoms with Crippen molar-refractivity contribution in [2.24, 2.45) is 0 Å². The molecule has 3 heterocycles. The molecule has 0 aliphatic carbocycles. The average molecular weight is 1130 g/mol. The second-order valence-corrected chi connectivity index (χ2v) is 30.9. The molecule has 444 valence electrons. The topological polar surface area (TPSA) is 55.4 Å². The van der Waals surface area contributed by atoms with Crippen LogP contribution in [0.25, 0.3) is 0 Å². The maximum atomic E-state index is 7.52. The Morgan fingerprint density at radius 3 is 0.536 bits per heavy atom. The smallest absolute Gasteiger partial charge is 0.126 e. The summed E-state index contributed by atoms with van der Waals surface area (Å²) in [6.07, 6.45) is 3.55. The number of rotatable bonds is 3. The molecule has 0 aromatic heterocycles. The molecular formula is C78H96O6. The van der Waals surface area contributed by atoms with Crippen molar-refractivity contribution in [1.82, 2.24) is 0 Å². The fourth-order valence-electron chi connectivity index (χ4n) is 12.8. The van der Waals surface area contributed by atoms with E-state index in [4.69, 9.17) is 28.4 Å². The first kappa shape index (κ1) is 60.5. The third-order valence-electron chi connectivity index (χ3n) is 17.8. The van der Waals surface area contributed by atoms with Crippen molar-refractivity contribution >= 4 is 0 Å². The first-order valence-corrected chi connectivity index (χ1v) is 30.8. The Morgan fingerprint density at radius 1 is 0.238 bits per heavy atom. The van der Waals surface area contributed by atoms with Gasteiger partial charge in [0.2, 0.25) is 0 Å². The summed E-state index contributed by atoms with van der Waals surface area (Å²) in [6.45, 7) is 42.8. The molecule has 0 N–H and O–H groups in total. The maximum Gasteiger partial charge on any atom is 0.126 e. The van der Waals surface area contributed by atoms with E-state index in [-0.39, 0.29) is 32.5 Å². The van der Waals surface area contributed by atoms with Gasteiger partial charge in [0.25, 0.3) is 0 Å². The summed E-state index contributed by atoms with van der Waals surface area (Å²) >= 11 is 0. The molecule has 0 unspecified atom stereocenters. The standard InChI is InChI=1S/C78H96O6/c1-73(2,3)61-31-49-25-55-37-64(76(10,11)12)39-57-27-51-33-62(74(4,5)6)35-53(68(51)80-20)29-59-41-66(78(16,17)18)42-60-30-54-36-63(75(7,8)9)34-52(69(54)81-21)28-58-40-65(77(13,14)15)38-56(26-50(32-61)67(49)79-19)71(58)83-44-47-22-46(43-82-70(55)57)23-48(24-47)45-84-72(59)60/h22-24,31-42H,25-30,43-45H2,1-21H3. The monoisotopic (exact) mass is 1130 g/mol. The Labute approximate surface area is 505 Å². The van der Waals surface area contributed by atoms with E-state index in [9.17, 15) is 0 Å². The molecule has 0 amide bonds. The van der Waals surface area contributed by atoms with Crippen molar-refractivity contribution in [2.75, 3.05) is 21.3 Å². The average Bonchev–Trinajstić information content (AvgIpc) is 1.40. The van der Waals surface area contributed by atoms with Crippen LogP contribution in [0.3, 0.4) is 0 Å². The van der Waals surface area contributed by atoms with Gasteiger partial charge < -0.3 is 28.4 Å². The van der Waals surface area contributed by atoms with Gasteiger partial charge in [0.1, 0.15) is 54.3 Å². The molecule has 6 nitrogen and oxygen atoms in total. The SMILES string of the molecule is COc1c2cc(C(C)(C)C)cc1Cc1cc(C(C)(C)C)cc3c1OCc1cc4cc(c1)COc1c(cc(C(C)(C)C)cc1Cc1cc(C(C)(C)C)cc(c1OC)C3)Cc1cc(C(C)(C)C)cc(c1OC)Cc1cc(C(C)(C)C)cc(c1OC4)C2. The minimum Gasteiger partial charge on any atom is -0.496 e. The highest BCUT2D eigenvalue weighted by atomic mass is 16.5. The molecule has 10 rings (SSSR count). The second-order valence-electron chi connectivity index (χ2n) is 30.9. The molecule has 0 saturated heterocycles. The zero-order valence-electron chi connectivity index (χ0n) is 55.0. The number of fused-ring (bicyclic) bond motifs is 9. The number of methoxy groups -OCH3 is 3. The summed E-state index contributed by atoms with van der Waals surface area (Å²) in [5.41, 5.74) is 23.2. The quantitative estimate of drug-likeness (QED) is 0.176. The molecule has 0 spiro atoms. The lowest BCUT2D eigenvalue weighted by atomic mass is 9.79. The van der Waals surface area contributed by atoms with E-state index in [1.165, 1.54) is 33.4 Å². The lowest BCUT2D eigenvalue weighted by molar-refractivity contribution is 0.287. The predicted octanol–water partition coefficient (Wildman–Crippen LogP) is 18.7. The molecule has 84 heavy (non-hydrogen) atoms. The van der Waals surface area contributed by atoms with Crippen LogP contribution in [0.4, 0.5) is 0 Å². The van der Waals surface area contributed by atoms with Gasteiger partial charge in [-0.25, -0.2) is 0 Å². The maximum absolute atomic E-state index is 7.52. The summed E-state index contributed by atoms with van der Waals surface area (Å²) in [4.78, 5) is 0. The third kappa shape index (κ3) is 12.5. The lowest BCUT2D eigenvalue weighted by Gasteiger charge is -2.29. The number of hydrogen-bond acceptors (Lipinski definition) is 6. The van der Waals surface area contributed by atoms with Crippen molar-refractivity contribution in [3.05, 3.63) is 208 Å². The van der Waals surface area contributed by atoms with Gasteiger partial charge in [0.05, 0.1) is 21.3 Å². The van der Waals surface area contributed by atoms with Crippen LogP contribution >= 0.6 is 0 Å². The van der Waals surface area contributed by atoms with Gasteiger partial charge >= 0.3 is 0 Å². The summed E-state index contributed by atoms with van der Waals surface area (Å²) in [7, 11) is 5.54. The molecule has 0 saturated carbocycles. The van der Waals surface area contributed by atoms with Crippen LogP contribution in [-0.4, -0.2) is 21.3 Å². The molecular weight excluding hydrogens is 1030 g/mol. The van der Waals surface area contributed by atoms with Gasteiger partial charge in [-0.05, 0) is 168 Å². The molecule has 3 aliphatic heterocycles. The van der Waals surface area contributed by atoms with Gasteiger partial charge in [-0.2, -0.15) is 0 Å². The Balaban J connectivity index is 1.41. The van der Waals surface area contributed by atoms with Crippen LogP contribution in [0.5, 0.6) is 34.5 Å². The molecule has 3 aliphatic rings. The lowest BCUT2D eigenvalue weighted by Crippen LogP contribution is -2.18. The molecule has 7 aromatic rings. The van der Waals surface area contributed by atoms with Crippen LogP contribution in [0.15, 0.2) is 91.0 Å². The normalized spacial score (nSPS) is 14.8. The summed E-state index contributed by atoms with van der Waals surface area (Å²) in [6, 6.07) is 35.7. The van der Waals surface area contributed by atoms with E-state index in [1.54, 1.807) is 0 Å². The Morgan fingerprint density at radius 2 is 0.393 bits per heavy atom. The van der Waals surface area contributed by atoms with Crippen molar-refractivity contribution in [3.8, 4) is 34.5 Å². The fraction of sp³-hybridized carbons (Fsp3) is 0.462. The summed E-state index contributed by atoms with van der Waals surface area (Å²) in [5, 5.41) is 0. The van der Waals surface area contributed by atoms with Crippen molar-refractivity contribution in [3.63, 3.8) is 0 Å². The molecule has 0 radical (unpaired) electrons. The van der Waals surface area contributed by atoms with Crippen LogP contribution in [0.2, 0.25) is 0 Å². The zero-order valence-corrected chi connectivity index (χ0v) is 55.0. The van der Waals surface area contributed by atoms with E-state index in [0.717, 1.165) is 118 Å². The Hall–Kier alpha value is -6.66. The highest BCUT2D eigenvalue weighted by molar-refractivity contribution is 5.62. The first-order chi connectivity index (χ1) is 39.2. The first-order valence-electron chi connectivity index (χ1n) is 30.8. The van der Waals surface area contributed by atoms with Crippen LogP contribution in [0.1, 0.15) is 241 Å². The minimum atomic E-state index is -0.177. The van der Waals surface area contributed by atoms with Gasteiger partial charge in [-0.3, -0.25) is 0 Å². The number of ether oxygens (including phenoxy) is 6. The molecule has 0 atom stereocenters. The highest BCUT2D eigenvalue weighted by Crippen LogP contribution is 2.47. The fourth-order valence-corrected chi connectivity index (χ4v) is 12.8. The third-order valence-corrected chi connectivity index (χ3v) is 17.8. The van der Waals surface area contributed by atoms with Crippen LogP contribution < -0.4 is 28.4 Å². The highest BCUT2D eigenvalue weighted by Gasteiger charge is 2.32. The van der Waals surface area contributed by atoms with E-state index in [0.29, 0.717) is 58.3 Å². The Kier molecular flexibility index (Phi) is 15.8. The molecule has 0 fully saturated rings. The van der Waals surface area contributed by atoms with Crippen molar-refractivity contribution in [2.45, 2.75) is 215 Å². The zero-order chi connectivity index (χ0) is 60.8. The van der Waals surface area contributed by atoms with Crippen molar-refractivity contribution in [1.29, 1.82) is 0 Å². The molecule has 12 bridgehead atoms. The second kappa shape index (κ2) is 22.0. The molecule has 7 aromatic carbocycles. The number of hydrogen-bond donors (Lipinski definition) is 0. The van der Waals surface area contributed by atoms with E-state index in [2.05, 4.69) is 216 Å². The van der Waals surface area contributed by atoms with E-state index >= 15 is 0 Å². The van der Waals surface area contributed by atoms with Gasteiger partial charge in [-0.1, -0.05) is 197 Å². The predicted molar refractivity (Wildman–Crippen MR) is 347 cm³/mol. The Bertz CT molecular complexity index is 3140. The van der Waals surface area contributed by atoms with Gasteiger partial charge in [0, 0.05) is 38.5 Å².